The Hall–Kier alpha value is -3.85. The molecule has 2 heterocycles. The minimum absolute atomic E-state index is 0.177. The molecule has 0 radical (unpaired) electrons. The van der Waals surface area contributed by atoms with Crippen LogP contribution in [0.5, 0.6) is 11.5 Å². The van der Waals surface area contributed by atoms with Gasteiger partial charge in [-0.2, -0.15) is 0 Å². The molecule has 2 aromatic carbocycles. The second-order valence-electron chi connectivity index (χ2n) is 9.55. The highest BCUT2D eigenvalue weighted by atomic mass is 16.5. The summed E-state index contributed by atoms with van der Waals surface area (Å²) in [5, 5.41) is 0. The Morgan fingerprint density at radius 3 is 2.41 bits per heavy atom. The molecular weight excluding hydrogens is 472 g/mol. The van der Waals surface area contributed by atoms with Crippen molar-refractivity contribution in [1.82, 2.24) is 14.8 Å². The number of carbonyl (C=O) groups is 2. The third kappa shape index (κ3) is 5.46. The van der Waals surface area contributed by atoms with Crippen LogP contribution in [0.15, 0.2) is 52.9 Å². The van der Waals surface area contributed by atoms with Gasteiger partial charge in [0.1, 0.15) is 6.61 Å². The van der Waals surface area contributed by atoms with Crippen molar-refractivity contribution >= 4 is 11.8 Å². The summed E-state index contributed by atoms with van der Waals surface area (Å²) in [6.45, 7) is 4.10. The zero-order valence-electron chi connectivity index (χ0n) is 21.2. The Balaban J connectivity index is 1.35. The molecule has 1 aromatic heterocycles. The van der Waals surface area contributed by atoms with E-state index in [9.17, 15) is 9.59 Å². The van der Waals surface area contributed by atoms with E-state index in [-0.39, 0.29) is 29.3 Å². The summed E-state index contributed by atoms with van der Waals surface area (Å²) in [4.78, 5) is 33.9. The molecule has 1 aliphatic carbocycles. The van der Waals surface area contributed by atoms with Gasteiger partial charge in [-0.1, -0.05) is 30.3 Å². The van der Waals surface area contributed by atoms with Gasteiger partial charge in [-0.05, 0) is 43.5 Å². The third-order valence-electron chi connectivity index (χ3n) is 6.72. The predicted octanol–water partition coefficient (Wildman–Crippen LogP) is 3.64. The van der Waals surface area contributed by atoms with Crippen LogP contribution in [0.1, 0.15) is 47.6 Å². The number of benzene rings is 2. The number of hydrogen-bond acceptors (Lipinski definition) is 7. The van der Waals surface area contributed by atoms with Gasteiger partial charge < -0.3 is 29.4 Å². The summed E-state index contributed by atoms with van der Waals surface area (Å²) in [6.07, 6.45) is 1.95. The van der Waals surface area contributed by atoms with Crippen LogP contribution in [0.3, 0.4) is 0 Å². The number of amides is 2. The molecule has 1 atom stereocenters. The van der Waals surface area contributed by atoms with Crippen molar-refractivity contribution in [3.63, 3.8) is 0 Å². The van der Waals surface area contributed by atoms with E-state index in [2.05, 4.69) is 4.98 Å². The van der Waals surface area contributed by atoms with Gasteiger partial charge in [0.2, 0.25) is 11.8 Å². The number of aromatic nitrogens is 1. The van der Waals surface area contributed by atoms with Crippen molar-refractivity contribution in [2.24, 2.45) is 11.7 Å². The van der Waals surface area contributed by atoms with Crippen LogP contribution >= 0.6 is 0 Å². The quantitative estimate of drug-likeness (QED) is 0.499. The topological polar surface area (TPSA) is 111 Å². The molecule has 194 valence electrons. The number of nitrogens with zero attached hydrogens (tertiary/aromatic N) is 3. The fraction of sp³-hybridized carbons (Fsp3) is 0.393. The highest BCUT2D eigenvalue weighted by Crippen LogP contribution is 2.35. The molecule has 2 amide bonds. The molecular formula is C28H32N4O5. The van der Waals surface area contributed by atoms with Crippen LogP contribution in [0.4, 0.5) is 0 Å². The van der Waals surface area contributed by atoms with Gasteiger partial charge in [-0.15, -0.1) is 0 Å². The normalized spacial score (nSPS) is 16.4. The van der Waals surface area contributed by atoms with Gasteiger partial charge in [0.15, 0.2) is 23.0 Å². The Bertz CT molecular complexity index is 1260. The molecule has 9 heteroatoms. The zero-order valence-corrected chi connectivity index (χ0v) is 21.2. The lowest BCUT2D eigenvalue weighted by atomic mass is 10.2. The number of ether oxygens (including phenoxy) is 2. The number of methoxy groups -OCH3 is 1. The average molecular weight is 505 g/mol. The van der Waals surface area contributed by atoms with Crippen LogP contribution < -0.4 is 15.2 Å². The summed E-state index contributed by atoms with van der Waals surface area (Å²) in [7, 11) is 1.58. The van der Waals surface area contributed by atoms with E-state index in [1.165, 1.54) is 0 Å². The number of carbonyl (C=O) groups excluding carboxylic acids is 2. The Morgan fingerprint density at radius 2 is 1.76 bits per heavy atom. The second-order valence-corrected chi connectivity index (χ2v) is 9.55. The minimum Gasteiger partial charge on any atom is -0.493 e. The number of piperazine rings is 1. The number of hydrogen-bond donors (Lipinski definition) is 1. The van der Waals surface area contributed by atoms with Crippen molar-refractivity contribution < 1.29 is 23.5 Å². The van der Waals surface area contributed by atoms with E-state index in [1.54, 1.807) is 31.1 Å². The number of rotatable bonds is 8. The standard InChI is InChI=1S/C28H32N4O5/c1-18(29)25-24(28(34)32-14-12-31(13-15-32)27(33)20-8-9-20)30-26(37-25)21-10-11-22(35-2)23(16-21)36-17-19-6-4-3-5-7-19/h3-7,10-11,16,18,20H,8-9,12-15,17,29H2,1-2H3/t18-/m0/s1. The lowest BCUT2D eigenvalue weighted by Crippen LogP contribution is -2.51. The Kier molecular flexibility index (Phi) is 7.14. The maximum absolute atomic E-state index is 13.4. The number of nitrogens with two attached hydrogens (primary N) is 1. The maximum atomic E-state index is 13.4. The van der Waals surface area contributed by atoms with Crippen LogP contribution in [-0.2, 0) is 11.4 Å². The molecule has 1 saturated heterocycles. The summed E-state index contributed by atoms with van der Waals surface area (Å²) in [5.74, 6) is 1.87. The van der Waals surface area contributed by atoms with Gasteiger partial charge in [-0.3, -0.25) is 9.59 Å². The van der Waals surface area contributed by atoms with E-state index in [4.69, 9.17) is 19.6 Å². The molecule has 0 bridgehead atoms. The van der Waals surface area contributed by atoms with Gasteiger partial charge >= 0.3 is 0 Å². The average Bonchev–Trinajstić information content (AvgIpc) is 3.69. The zero-order chi connectivity index (χ0) is 25.9. The smallest absolute Gasteiger partial charge is 0.276 e. The van der Waals surface area contributed by atoms with Crippen molar-refractivity contribution in [2.75, 3.05) is 33.3 Å². The minimum atomic E-state index is -0.523. The van der Waals surface area contributed by atoms with Gasteiger partial charge in [0, 0.05) is 37.7 Å². The molecule has 2 N–H and O–H groups in total. The largest absolute Gasteiger partial charge is 0.493 e. The lowest BCUT2D eigenvalue weighted by Gasteiger charge is -2.34. The van der Waals surface area contributed by atoms with Crippen LogP contribution in [0.25, 0.3) is 11.5 Å². The fourth-order valence-electron chi connectivity index (χ4n) is 4.44. The third-order valence-corrected chi connectivity index (χ3v) is 6.72. The molecule has 2 aliphatic rings. The second kappa shape index (κ2) is 10.6. The van der Waals surface area contributed by atoms with Crippen molar-refractivity contribution in [1.29, 1.82) is 0 Å². The summed E-state index contributed by atoms with van der Waals surface area (Å²) in [6, 6.07) is 14.7. The van der Waals surface area contributed by atoms with E-state index >= 15 is 0 Å². The molecule has 5 rings (SSSR count). The first kappa shape index (κ1) is 24.8. The van der Waals surface area contributed by atoms with Gasteiger partial charge in [0.05, 0.1) is 13.2 Å². The summed E-state index contributed by atoms with van der Waals surface area (Å²) in [5.41, 5.74) is 8.03. The van der Waals surface area contributed by atoms with E-state index in [1.807, 2.05) is 41.3 Å². The van der Waals surface area contributed by atoms with Crippen molar-refractivity contribution in [3.05, 3.63) is 65.5 Å². The first-order valence-electron chi connectivity index (χ1n) is 12.6. The monoisotopic (exact) mass is 504 g/mol. The molecule has 1 saturated carbocycles. The molecule has 2 fully saturated rings. The fourth-order valence-corrected chi connectivity index (χ4v) is 4.44. The number of oxazole rings is 1. The Labute approximate surface area is 216 Å². The molecule has 37 heavy (non-hydrogen) atoms. The van der Waals surface area contributed by atoms with Crippen LogP contribution in [-0.4, -0.2) is 59.9 Å². The first-order valence-corrected chi connectivity index (χ1v) is 12.6. The van der Waals surface area contributed by atoms with Crippen LogP contribution in [0, 0.1) is 5.92 Å². The van der Waals surface area contributed by atoms with Crippen LogP contribution in [0.2, 0.25) is 0 Å². The maximum Gasteiger partial charge on any atom is 0.276 e. The molecule has 0 spiro atoms. The lowest BCUT2D eigenvalue weighted by molar-refractivity contribution is -0.134. The van der Waals surface area contributed by atoms with Crippen molar-refractivity contribution in [3.8, 4) is 23.0 Å². The highest BCUT2D eigenvalue weighted by Gasteiger charge is 2.36. The summed E-state index contributed by atoms with van der Waals surface area (Å²) < 4.78 is 17.5. The first-order chi connectivity index (χ1) is 17.9. The van der Waals surface area contributed by atoms with Gasteiger partial charge in [0.25, 0.3) is 5.91 Å². The predicted molar refractivity (Wildman–Crippen MR) is 137 cm³/mol. The highest BCUT2D eigenvalue weighted by molar-refractivity contribution is 5.94. The molecule has 1 aliphatic heterocycles. The molecule has 3 aromatic rings. The SMILES string of the molecule is COc1ccc(-c2nc(C(=O)N3CCN(C(=O)C4CC4)CC3)c([C@H](C)N)o2)cc1OCc1ccccc1. The summed E-state index contributed by atoms with van der Waals surface area (Å²) >= 11 is 0. The van der Waals surface area contributed by atoms with E-state index in [0.29, 0.717) is 55.6 Å². The van der Waals surface area contributed by atoms with E-state index < -0.39 is 6.04 Å². The van der Waals surface area contributed by atoms with Crippen molar-refractivity contribution in [2.45, 2.75) is 32.4 Å². The van der Waals surface area contributed by atoms with Gasteiger partial charge in [-0.25, -0.2) is 4.98 Å². The molecule has 9 nitrogen and oxygen atoms in total. The Morgan fingerprint density at radius 1 is 1.05 bits per heavy atom. The molecule has 0 unspecified atom stereocenters. The van der Waals surface area contributed by atoms with E-state index in [0.717, 1.165) is 18.4 Å².